The summed E-state index contributed by atoms with van der Waals surface area (Å²) in [6.07, 6.45) is 1.70. The van der Waals surface area contributed by atoms with E-state index < -0.39 is 5.97 Å². The second kappa shape index (κ2) is 6.42. The van der Waals surface area contributed by atoms with E-state index in [-0.39, 0.29) is 11.1 Å². The van der Waals surface area contributed by atoms with Crippen LogP contribution in [0, 0.1) is 6.92 Å². The first-order valence-electron chi connectivity index (χ1n) is 8.85. The van der Waals surface area contributed by atoms with Gasteiger partial charge in [-0.05, 0) is 48.4 Å². The van der Waals surface area contributed by atoms with Crippen LogP contribution in [0.15, 0.2) is 63.8 Å². The van der Waals surface area contributed by atoms with E-state index in [1.165, 1.54) is 17.4 Å². The Bertz CT molecular complexity index is 1520. The third-order valence-electron chi connectivity index (χ3n) is 4.77. The van der Waals surface area contributed by atoms with Crippen LogP contribution in [-0.2, 0) is 0 Å². The highest BCUT2D eigenvalue weighted by Crippen LogP contribution is 2.26. The molecule has 7 heteroatoms. The Labute approximate surface area is 168 Å². The van der Waals surface area contributed by atoms with E-state index in [0.717, 1.165) is 22.2 Å². The van der Waals surface area contributed by atoms with Gasteiger partial charge in [-0.3, -0.25) is 4.79 Å². The van der Waals surface area contributed by atoms with E-state index in [0.29, 0.717) is 21.0 Å². The van der Waals surface area contributed by atoms with Crippen molar-refractivity contribution in [1.29, 1.82) is 0 Å². The van der Waals surface area contributed by atoms with Crippen LogP contribution in [-0.4, -0.2) is 15.4 Å². The van der Waals surface area contributed by atoms with Crippen molar-refractivity contribution < 1.29 is 14.3 Å². The number of imidazole rings is 1. The summed E-state index contributed by atoms with van der Waals surface area (Å²) in [7, 11) is 0. The van der Waals surface area contributed by atoms with E-state index >= 15 is 0 Å². The van der Waals surface area contributed by atoms with Gasteiger partial charge in [0, 0.05) is 11.6 Å². The molecule has 29 heavy (non-hydrogen) atoms. The summed E-state index contributed by atoms with van der Waals surface area (Å²) >= 11 is 1.31. The SMILES string of the molecule is Cc1cc(C(=O)[O-])ccc1-c1ccc(/C=c2/sc3nc4ccccc4n3c2=O)o1. The summed E-state index contributed by atoms with van der Waals surface area (Å²) in [6, 6.07) is 15.8. The minimum atomic E-state index is -1.22. The highest BCUT2D eigenvalue weighted by Gasteiger charge is 2.12. The highest BCUT2D eigenvalue weighted by molar-refractivity contribution is 7.15. The van der Waals surface area contributed by atoms with Gasteiger partial charge in [0.1, 0.15) is 16.1 Å². The Morgan fingerprint density at radius 2 is 2.00 bits per heavy atom. The van der Waals surface area contributed by atoms with Crippen LogP contribution in [0.4, 0.5) is 0 Å². The number of fused-ring (bicyclic) bond motifs is 3. The zero-order chi connectivity index (χ0) is 20.1. The van der Waals surface area contributed by atoms with Gasteiger partial charge in [-0.25, -0.2) is 9.38 Å². The van der Waals surface area contributed by atoms with Crippen molar-refractivity contribution >= 4 is 39.4 Å². The maximum atomic E-state index is 12.8. The molecular formula is C22H13N2O4S-. The number of rotatable bonds is 3. The quantitative estimate of drug-likeness (QED) is 0.463. The van der Waals surface area contributed by atoms with E-state index in [2.05, 4.69) is 4.98 Å². The predicted molar refractivity (Wildman–Crippen MR) is 109 cm³/mol. The number of furan rings is 1. The Balaban J connectivity index is 1.58. The number of hydrogen-bond acceptors (Lipinski definition) is 6. The summed E-state index contributed by atoms with van der Waals surface area (Å²) in [5, 5.41) is 11.0. The molecule has 3 aromatic heterocycles. The third-order valence-corrected chi connectivity index (χ3v) is 5.74. The summed E-state index contributed by atoms with van der Waals surface area (Å²) in [5.41, 5.74) is 3.10. The van der Waals surface area contributed by atoms with Gasteiger partial charge in [-0.1, -0.05) is 35.6 Å². The number of carbonyl (C=O) groups is 1. The Kier molecular flexibility index (Phi) is 3.85. The Morgan fingerprint density at radius 1 is 1.17 bits per heavy atom. The van der Waals surface area contributed by atoms with Crippen molar-refractivity contribution in [3.05, 3.63) is 86.4 Å². The molecule has 3 heterocycles. The smallest absolute Gasteiger partial charge is 0.275 e. The van der Waals surface area contributed by atoms with Gasteiger partial charge in [0.2, 0.25) is 0 Å². The molecule has 0 unspecified atom stereocenters. The topological polar surface area (TPSA) is 87.6 Å². The summed E-state index contributed by atoms with van der Waals surface area (Å²) < 4.78 is 8.03. The molecule has 2 aromatic carbocycles. The lowest BCUT2D eigenvalue weighted by Crippen LogP contribution is -2.22. The molecule has 0 aliphatic carbocycles. The monoisotopic (exact) mass is 401 g/mol. The van der Waals surface area contributed by atoms with Crippen molar-refractivity contribution in [2.75, 3.05) is 0 Å². The Hall–Kier alpha value is -3.71. The average Bonchev–Trinajstić information content (AvgIpc) is 3.38. The fraction of sp³-hybridized carbons (Fsp3) is 0.0455. The van der Waals surface area contributed by atoms with Crippen molar-refractivity contribution in [2.24, 2.45) is 0 Å². The molecule has 0 radical (unpaired) electrons. The summed E-state index contributed by atoms with van der Waals surface area (Å²) in [4.78, 5) is 29.0. The molecule has 0 spiro atoms. The lowest BCUT2D eigenvalue weighted by Gasteiger charge is -2.07. The third kappa shape index (κ3) is 2.83. The highest BCUT2D eigenvalue weighted by atomic mass is 32.1. The summed E-state index contributed by atoms with van der Waals surface area (Å²) in [5.74, 6) is -0.0847. The van der Waals surface area contributed by atoms with Crippen LogP contribution in [0.1, 0.15) is 21.7 Å². The van der Waals surface area contributed by atoms with Crippen LogP contribution in [0.25, 0.3) is 33.4 Å². The molecule has 0 atom stereocenters. The minimum Gasteiger partial charge on any atom is -0.545 e. The van der Waals surface area contributed by atoms with Crippen molar-refractivity contribution in [1.82, 2.24) is 9.38 Å². The van der Waals surface area contributed by atoms with Gasteiger partial charge in [-0.2, -0.15) is 0 Å². The van der Waals surface area contributed by atoms with Crippen LogP contribution in [0.5, 0.6) is 0 Å². The van der Waals surface area contributed by atoms with E-state index in [9.17, 15) is 14.7 Å². The first-order valence-corrected chi connectivity index (χ1v) is 9.67. The maximum absolute atomic E-state index is 12.8. The number of hydrogen-bond donors (Lipinski definition) is 0. The molecule has 0 saturated heterocycles. The number of carbonyl (C=O) groups excluding carboxylic acids is 1. The zero-order valence-electron chi connectivity index (χ0n) is 15.2. The lowest BCUT2D eigenvalue weighted by atomic mass is 10.0. The summed E-state index contributed by atoms with van der Waals surface area (Å²) in [6.45, 7) is 1.81. The number of carboxylic acid groups (broad SMARTS) is 1. The number of carboxylic acids is 1. The fourth-order valence-electron chi connectivity index (χ4n) is 3.38. The molecule has 142 valence electrons. The largest absolute Gasteiger partial charge is 0.545 e. The van der Waals surface area contributed by atoms with Crippen LogP contribution < -0.4 is 15.2 Å². The average molecular weight is 401 g/mol. The van der Waals surface area contributed by atoms with Gasteiger partial charge in [0.25, 0.3) is 5.56 Å². The number of para-hydroxylation sites is 2. The zero-order valence-corrected chi connectivity index (χ0v) is 16.0. The molecular weight excluding hydrogens is 388 g/mol. The van der Waals surface area contributed by atoms with Crippen molar-refractivity contribution in [2.45, 2.75) is 6.92 Å². The van der Waals surface area contributed by atoms with Crippen molar-refractivity contribution in [3.63, 3.8) is 0 Å². The van der Waals surface area contributed by atoms with E-state index in [1.807, 2.05) is 31.2 Å². The Morgan fingerprint density at radius 3 is 2.79 bits per heavy atom. The number of benzene rings is 2. The number of aromatic nitrogens is 2. The first kappa shape index (κ1) is 17.4. The standard InChI is InChI=1S/C22H14N2O4S/c1-12-10-13(21(26)27)6-8-15(12)18-9-7-14(28-18)11-19-20(25)24-17-5-3-2-4-16(17)23-22(24)29-19/h2-11H,1H3,(H,26,27)/p-1/b19-11+. The molecule has 0 aliphatic heterocycles. The normalized spacial score (nSPS) is 12.2. The number of thiazole rings is 1. The molecule has 0 saturated carbocycles. The predicted octanol–water partition coefficient (Wildman–Crippen LogP) is 2.39. The van der Waals surface area contributed by atoms with Crippen LogP contribution in [0.2, 0.25) is 0 Å². The molecule has 0 bridgehead atoms. The second-order valence-corrected chi connectivity index (χ2v) is 7.66. The molecule has 0 aliphatic rings. The molecule has 0 amide bonds. The minimum absolute atomic E-state index is 0.120. The van der Waals surface area contributed by atoms with Gasteiger partial charge < -0.3 is 14.3 Å². The van der Waals surface area contributed by atoms with Gasteiger partial charge >= 0.3 is 0 Å². The van der Waals surface area contributed by atoms with Crippen molar-refractivity contribution in [3.8, 4) is 11.3 Å². The molecule has 5 aromatic rings. The maximum Gasteiger partial charge on any atom is 0.275 e. The van der Waals surface area contributed by atoms with Gasteiger partial charge in [-0.15, -0.1) is 0 Å². The van der Waals surface area contributed by atoms with Crippen LogP contribution >= 0.6 is 11.3 Å². The molecule has 0 N–H and O–H groups in total. The van der Waals surface area contributed by atoms with E-state index in [1.54, 1.807) is 34.7 Å². The number of nitrogens with zero attached hydrogens (tertiary/aromatic N) is 2. The molecule has 0 fully saturated rings. The number of aryl methyl sites for hydroxylation is 1. The van der Waals surface area contributed by atoms with Gasteiger partial charge in [0.15, 0.2) is 4.96 Å². The van der Waals surface area contributed by atoms with E-state index in [4.69, 9.17) is 4.42 Å². The lowest BCUT2D eigenvalue weighted by molar-refractivity contribution is -0.255. The number of aromatic carboxylic acids is 1. The first-order chi connectivity index (χ1) is 14.0. The second-order valence-electron chi connectivity index (χ2n) is 6.65. The van der Waals surface area contributed by atoms with Gasteiger partial charge in [0.05, 0.1) is 17.0 Å². The molecule has 6 nitrogen and oxygen atoms in total. The van der Waals surface area contributed by atoms with Crippen LogP contribution in [0.3, 0.4) is 0 Å². The fourth-order valence-corrected chi connectivity index (χ4v) is 4.35. The molecule has 5 rings (SSSR count).